The Morgan fingerprint density at radius 3 is 2.50 bits per heavy atom. The van der Waals surface area contributed by atoms with E-state index in [2.05, 4.69) is 64.0 Å². The fourth-order valence-electron chi connectivity index (χ4n) is 1.70. The first-order valence-electron chi connectivity index (χ1n) is 5.72. The monoisotopic (exact) mass is 367 g/mol. The molecule has 1 N–H and O–H groups in total. The summed E-state index contributed by atoms with van der Waals surface area (Å²) >= 11 is 8.95. The molecule has 0 aliphatic rings. The second-order valence-corrected chi connectivity index (χ2v) is 8.17. The van der Waals surface area contributed by atoms with Crippen molar-refractivity contribution in [1.29, 1.82) is 0 Å². The minimum absolute atomic E-state index is 0.469. The maximum absolute atomic E-state index is 3.65. The van der Waals surface area contributed by atoms with Gasteiger partial charge in [0.05, 0.1) is 7.57 Å². The first-order valence-corrected chi connectivity index (χ1v) is 8.13. The van der Waals surface area contributed by atoms with E-state index in [1.807, 2.05) is 0 Å². The summed E-state index contributed by atoms with van der Waals surface area (Å²) in [5.41, 5.74) is 1.39. The van der Waals surface area contributed by atoms with Crippen LogP contribution in [0.2, 0.25) is 0 Å². The Kier molecular flexibility index (Phi) is 6.55. The fraction of sp³-hybridized carbons (Fsp3) is 0.667. The molecule has 0 saturated heterocycles. The van der Waals surface area contributed by atoms with Gasteiger partial charge in [0.1, 0.15) is 0 Å². The van der Waals surface area contributed by atoms with E-state index in [9.17, 15) is 0 Å². The van der Waals surface area contributed by atoms with E-state index in [1.165, 1.54) is 26.0 Å². The first kappa shape index (κ1) is 14.7. The van der Waals surface area contributed by atoms with Gasteiger partial charge in [0.15, 0.2) is 0 Å². The van der Waals surface area contributed by atoms with Gasteiger partial charge in [0.2, 0.25) is 0 Å². The zero-order chi connectivity index (χ0) is 12.1. The predicted molar refractivity (Wildman–Crippen MR) is 80.2 cm³/mol. The van der Waals surface area contributed by atoms with Gasteiger partial charge in [-0.3, -0.25) is 0 Å². The molecule has 1 nitrogen and oxygen atoms in total. The molecule has 16 heavy (non-hydrogen) atoms. The van der Waals surface area contributed by atoms with Crippen molar-refractivity contribution in [2.75, 3.05) is 6.54 Å². The molecule has 0 radical (unpaired) electrons. The van der Waals surface area contributed by atoms with E-state index in [4.69, 9.17) is 0 Å². The highest BCUT2D eigenvalue weighted by Gasteiger charge is 2.17. The van der Waals surface area contributed by atoms with Crippen LogP contribution in [0.5, 0.6) is 0 Å². The Morgan fingerprint density at radius 2 is 2.06 bits per heavy atom. The summed E-state index contributed by atoms with van der Waals surface area (Å²) in [5.74, 6) is 0.708. The number of thiophene rings is 1. The third-order valence-corrected chi connectivity index (χ3v) is 4.79. The van der Waals surface area contributed by atoms with Gasteiger partial charge in [-0.25, -0.2) is 0 Å². The molecule has 0 amide bonds. The molecule has 1 unspecified atom stereocenters. The highest BCUT2D eigenvalue weighted by Crippen LogP contribution is 2.37. The van der Waals surface area contributed by atoms with Gasteiger partial charge in [0, 0.05) is 6.04 Å². The Balaban J connectivity index is 2.78. The maximum Gasteiger partial charge on any atom is 0.0758 e. The standard InChI is InChI=1S/C12H19Br2NS/c1-4-5-15-10(6-8(2)3)9-7-11(13)16-12(9)14/h7-8,10,15H,4-6H2,1-3H3. The van der Waals surface area contributed by atoms with Crippen LogP contribution in [0.15, 0.2) is 13.6 Å². The number of hydrogen-bond donors (Lipinski definition) is 1. The largest absolute Gasteiger partial charge is 0.310 e. The fourth-order valence-corrected chi connectivity index (χ4v) is 4.67. The quantitative estimate of drug-likeness (QED) is 0.712. The van der Waals surface area contributed by atoms with Gasteiger partial charge in [-0.2, -0.15) is 0 Å². The molecule has 0 saturated carbocycles. The van der Waals surface area contributed by atoms with E-state index in [1.54, 1.807) is 11.3 Å². The lowest BCUT2D eigenvalue weighted by molar-refractivity contribution is 0.430. The van der Waals surface area contributed by atoms with Crippen molar-refractivity contribution in [2.45, 2.75) is 39.7 Å². The molecule has 1 aromatic heterocycles. The Morgan fingerprint density at radius 1 is 1.38 bits per heavy atom. The van der Waals surface area contributed by atoms with Crippen molar-refractivity contribution in [3.8, 4) is 0 Å². The topological polar surface area (TPSA) is 12.0 Å². The summed E-state index contributed by atoms with van der Waals surface area (Å²) in [7, 11) is 0. The third kappa shape index (κ3) is 4.47. The molecule has 1 atom stereocenters. The van der Waals surface area contributed by atoms with Crippen LogP contribution in [0.4, 0.5) is 0 Å². The Bertz CT molecular complexity index is 323. The number of nitrogens with one attached hydrogen (secondary N) is 1. The van der Waals surface area contributed by atoms with Gasteiger partial charge < -0.3 is 5.32 Å². The molecule has 4 heteroatoms. The lowest BCUT2D eigenvalue weighted by atomic mass is 9.99. The zero-order valence-electron chi connectivity index (χ0n) is 10.0. The Labute approximate surface area is 119 Å². The molecule has 92 valence electrons. The van der Waals surface area contributed by atoms with Crippen LogP contribution in [-0.4, -0.2) is 6.54 Å². The smallest absolute Gasteiger partial charge is 0.0758 e. The molecular formula is C12H19Br2NS. The van der Waals surface area contributed by atoms with Crippen molar-refractivity contribution in [1.82, 2.24) is 5.32 Å². The lowest BCUT2D eigenvalue weighted by Crippen LogP contribution is -2.23. The summed E-state index contributed by atoms with van der Waals surface area (Å²) in [6, 6.07) is 2.70. The van der Waals surface area contributed by atoms with Crippen molar-refractivity contribution in [3.63, 3.8) is 0 Å². The lowest BCUT2D eigenvalue weighted by Gasteiger charge is -2.20. The summed E-state index contributed by atoms with van der Waals surface area (Å²) in [4.78, 5) is 0. The van der Waals surface area contributed by atoms with Gasteiger partial charge in [-0.1, -0.05) is 20.8 Å². The average Bonchev–Trinajstić information content (AvgIpc) is 2.52. The van der Waals surface area contributed by atoms with Crippen LogP contribution >= 0.6 is 43.2 Å². The minimum atomic E-state index is 0.469. The van der Waals surface area contributed by atoms with E-state index >= 15 is 0 Å². The zero-order valence-corrected chi connectivity index (χ0v) is 14.0. The number of rotatable bonds is 6. The molecule has 0 aliphatic heterocycles. The summed E-state index contributed by atoms with van der Waals surface area (Å²) in [5, 5.41) is 3.63. The van der Waals surface area contributed by atoms with E-state index in [0.717, 1.165) is 6.54 Å². The molecule has 0 aromatic carbocycles. The van der Waals surface area contributed by atoms with Gasteiger partial charge in [-0.15, -0.1) is 11.3 Å². The molecule has 0 aliphatic carbocycles. The normalized spacial score (nSPS) is 13.4. The van der Waals surface area contributed by atoms with Gasteiger partial charge in [0.25, 0.3) is 0 Å². The number of halogens is 2. The van der Waals surface area contributed by atoms with Gasteiger partial charge >= 0.3 is 0 Å². The van der Waals surface area contributed by atoms with Crippen LogP contribution in [0.1, 0.15) is 45.2 Å². The minimum Gasteiger partial charge on any atom is -0.310 e. The Hall–Kier alpha value is 0.620. The van der Waals surface area contributed by atoms with Crippen LogP contribution in [-0.2, 0) is 0 Å². The predicted octanol–water partition coefficient (Wildman–Crippen LogP) is 5.36. The van der Waals surface area contributed by atoms with Crippen LogP contribution < -0.4 is 5.32 Å². The van der Waals surface area contributed by atoms with Crippen molar-refractivity contribution < 1.29 is 0 Å². The second kappa shape index (κ2) is 7.14. The SMILES string of the molecule is CCCNC(CC(C)C)c1cc(Br)sc1Br. The highest BCUT2D eigenvalue weighted by atomic mass is 79.9. The van der Waals surface area contributed by atoms with Gasteiger partial charge in [-0.05, 0) is 68.8 Å². The third-order valence-electron chi connectivity index (χ3n) is 2.41. The summed E-state index contributed by atoms with van der Waals surface area (Å²) < 4.78 is 2.44. The highest BCUT2D eigenvalue weighted by molar-refractivity contribution is 9.12. The van der Waals surface area contributed by atoms with Crippen LogP contribution in [0.25, 0.3) is 0 Å². The molecular weight excluding hydrogens is 350 g/mol. The van der Waals surface area contributed by atoms with E-state index in [0.29, 0.717) is 12.0 Å². The van der Waals surface area contributed by atoms with Crippen molar-refractivity contribution in [3.05, 3.63) is 19.2 Å². The molecule has 0 spiro atoms. The van der Waals surface area contributed by atoms with Crippen LogP contribution in [0, 0.1) is 5.92 Å². The number of hydrogen-bond acceptors (Lipinski definition) is 2. The van der Waals surface area contributed by atoms with Crippen LogP contribution in [0.3, 0.4) is 0 Å². The summed E-state index contributed by atoms with van der Waals surface area (Å²) in [6.07, 6.45) is 2.36. The second-order valence-electron chi connectivity index (χ2n) is 4.42. The maximum atomic E-state index is 3.65. The molecule has 0 bridgehead atoms. The summed E-state index contributed by atoms with van der Waals surface area (Å²) in [6.45, 7) is 7.83. The molecule has 1 aromatic rings. The first-order chi connectivity index (χ1) is 7.54. The molecule has 0 fully saturated rings. The van der Waals surface area contributed by atoms with Crippen molar-refractivity contribution >= 4 is 43.2 Å². The van der Waals surface area contributed by atoms with E-state index < -0.39 is 0 Å². The molecule has 1 rings (SSSR count). The molecule has 1 heterocycles. The van der Waals surface area contributed by atoms with Crippen molar-refractivity contribution in [2.24, 2.45) is 5.92 Å². The van der Waals surface area contributed by atoms with E-state index in [-0.39, 0.29) is 0 Å². The average molecular weight is 369 g/mol.